The number of Topliss-reactive ketones (excluding diaryl/α,β-unsaturated/α-hetero) is 2. The Balaban J connectivity index is 0.000000233. The highest BCUT2D eigenvalue weighted by atomic mass is 32.1. The molecular formula is C76H106N10O12S2. The van der Waals surface area contributed by atoms with Gasteiger partial charge < -0.3 is 58.1 Å². The fraction of sp³-hybridized carbons (Fsp3) is 0.605. The number of aliphatic hydroxyl groups excluding tert-OH is 2. The number of β-amino-alcohol motifs (C(OH)–C–C–N with tert-alkyl or cyclic N) is 2. The first kappa shape index (κ1) is 76.6. The molecule has 4 aliphatic rings. The normalized spacial score (nSPS) is 19.9. The molecule has 8 heterocycles. The molecule has 0 saturated carbocycles. The van der Waals surface area contributed by atoms with Crippen molar-refractivity contribution in [3.05, 3.63) is 106 Å². The van der Waals surface area contributed by atoms with Crippen molar-refractivity contribution in [3.63, 3.8) is 0 Å². The third-order valence-corrected chi connectivity index (χ3v) is 21.7. The predicted octanol–water partition coefficient (Wildman–Crippen LogP) is 13.3. The number of hydrogen-bond donors (Lipinski definition) is 2. The minimum absolute atomic E-state index is 0.0494. The second kappa shape index (κ2) is 33.1. The van der Waals surface area contributed by atoms with E-state index in [1.165, 1.54) is 0 Å². The number of likely N-dealkylation sites (tertiary alicyclic amines) is 4. The Morgan fingerprint density at radius 1 is 0.560 bits per heavy atom. The number of nitrogens with zero attached hydrogens (tertiary/aromatic N) is 10. The van der Waals surface area contributed by atoms with Crippen molar-refractivity contribution in [1.29, 1.82) is 0 Å². The number of aryl methyl sites for hydroxylation is 2. The van der Waals surface area contributed by atoms with E-state index in [9.17, 15) is 39.0 Å². The minimum atomic E-state index is -0.767. The number of benzene rings is 2. The van der Waals surface area contributed by atoms with Crippen LogP contribution in [-0.2, 0) is 28.7 Å². The molecule has 22 nitrogen and oxygen atoms in total. The van der Waals surface area contributed by atoms with E-state index in [-0.39, 0.29) is 98.0 Å². The van der Waals surface area contributed by atoms with Crippen LogP contribution in [0.5, 0.6) is 0 Å². The van der Waals surface area contributed by atoms with Crippen molar-refractivity contribution in [2.75, 3.05) is 76.3 Å². The summed E-state index contributed by atoms with van der Waals surface area (Å²) in [5.74, 6) is 0.669. The van der Waals surface area contributed by atoms with Crippen LogP contribution in [0.15, 0.2) is 80.7 Å². The van der Waals surface area contributed by atoms with Gasteiger partial charge in [0.25, 0.3) is 0 Å². The van der Waals surface area contributed by atoms with Crippen molar-refractivity contribution in [3.8, 4) is 20.9 Å². The molecule has 0 spiro atoms. The molecule has 4 aromatic heterocycles. The van der Waals surface area contributed by atoms with E-state index in [0.717, 1.165) is 82.2 Å². The molecule has 4 amide bonds. The molecule has 4 saturated heterocycles. The van der Waals surface area contributed by atoms with E-state index >= 15 is 0 Å². The van der Waals surface area contributed by atoms with Crippen LogP contribution in [0.25, 0.3) is 20.9 Å². The number of ketones is 2. The zero-order chi connectivity index (χ0) is 72.7. The number of carbonyl (C=O) groups is 6. The number of amides is 4. The quantitative estimate of drug-likeness (QED) is 0.0640. The lowest BCUT2D eigenvalue weighted by molar-refractivity contribution is -0.140. The molecule has 4 aliphatic heterocycles. The van der Waals surface area contributed by atoms with Crippen LogP contribution in [0.4, 0.5) is 21.2 Å². The molecule has 0 bridgehead atoms. The summed E-state index contributed by atoms with van der Waals surface area (Å²) >= 11 is 3.22. The maximum absolute atomic E-state index is 14.2. The summed E-state index contributed by atoms with van der Waals surface area (Å²) in [5, 5.41) is 30.0. The van der Waals surface area contributed by atoms with E-state index in [1.807, 2.05) is 144 Å². The van der Waals surface area contributed by atoms with Gasteiger partial charge in [0.1, 0.15) is 23.0 Å². The zero-order valence-electron chi connectivity index (χ0n) is 61.4. The highest BCUT2D eigenvalue weighted by molar-refractivity contribution is 7.13. The Morgan fingerprint density at radius 3 is 1.20 bits per heavy atom. The Hall–Kier alpha value is -7.54. The van der Waals surface area contributed by atoms with Crippen LogP contribution < -0.4 is 9.80 Å². The zero-order valence-corrected chi connectivity index (χ0v) is 63.1. The third-order valence-electron chi connectivity index (χ3n) is 19.7. The highest BCUT2D eigenvalue weighted by Crippen LogP contribution is 2.39. The smallest absolute Gasteiger partial charge is 0.410 e. The van der Waals surface area contributed by atoms with E-state index in [1.54, 1.807) is 42.3 Å². The Kier molecular flexibility index (Phi) is 25.3. The first-order valence-electron chi connectivity index (χ1n) is 35.6. The average molecular weight is 1420 g/mol. The summed E-state index contributed by atoms with van der Waals surface area (Å²) < 4.78 is 22.7. The molecule has 100 heavy (non-hydrogen) atoms. The molecule has 6 aromatic rings. The summed E-state index contributed by atoms with van der Waals surface area (Å²) in [7, 11) is 3.91. The van der Waals surface area contributed by atoms with Crippen LogP contribution >= 0.6 is 22.7 Å². The van der Waals surface area contributed by atoms with Gasteiger partial charge in [-0.1, -0.05) is 100 Å². The lowest BCUT2D eigenvalue weighted by Crippen LogP contribution is -2.44. The molecule has 0 unspecified atom stereocenters. The fourth-order valence-corrected chi connectivity index (χ4v) is 15.8. The molecule has 2 N–H and O–H groups in total. The van der Waals surface area contributed by atoms with E-state index in [4.69, 9.17) is 18.5 Å². The number of piperidine rings is 2. The summed E-state index contributed by atoms with van der Waals surface area (Å²) in [6.07, 6.45) is 2.31. The van der Waals surface area contributed by atoms with Gasteiger partial charge in [0.15, 0.2) is 34.7 Å². The standard InChI is InChI=1S/2C38H53N5O6S/c2*1-23(2)34(32-19-33(40-49-32)41(8)20-26-13-15-42(16-14-26)37(47)48-38(5,6)7)36(46)43-21-29(44)18-30(43)31(45)17-24(3)27-9-11-28(12-10-27)35-25(4)39-22-50-35/h2*9-12,19,22-24,26,29-30,34,44H,13-18,20-21H2,1-8H3/t24-,29-,30+,34+;24-,29-,30+,34-/m11/s1. The third kappa shape index (κ3) is 19.5. The number of anilines is 2. The van der Waals surface area contributed by atoms with E-state index in [2.05, 4.69) is 68.8 Å². The van der Waals surface area contributed by atoms with E-state index < -0.39 is 47.3 Å². The monoisotopic (exact) mass is 1410 g/mol. The average Bonchev–Trinajstić information content (AvgIpc) is 1.62. The number of hydrogen-bond acceptors (Lipinski definition) is 20. The maximum atomic E-state index is 14.2. The van der Waals surface area contributed by atoms with Gasteiger partial charge in [0.2, 0.25) is 11.8 Å². The van der Waals surface area contributed by atoms with Crippen molar-refractivity contribution < 1.29 is 57.5 Å². The Labute approximate surface area is 598 Å². The van der Waals surface area contributed by atoms with Gasteiger partial charge in [-0.3, -0.25) is 19.2 Å². The van der Waals surface area contributed by atoms with Gasteiger partial charge in [-0.25, -0.2) is 19.6 Å². The van der Waals surface area contributed by atoms with Crippen molar-refractivity contribution in [1.82, 2.24) is 39.9 Å². The fourth-order valence-electron chi connectivity index (χ4n) is 14.2. The summed E-state index contributed by atoms with van der Waals surface area (Å²) in [5.41, 5.74) is 8.94. The Morgan fingerprint density at radius 2 is 0.900 bits per heavy atom. The first-order chi connectivity index (χ1) is 47.2. The van der Waals surface area contributed by atoms with Crippen LogP contribution in [0.1, 0.15) is 192 Å². The summed E-state index contributed by atoms with van der Waals surface area (Å²) in [6, 6.07) is 18.7. The van der Waals surface area contributed by atoms with Gasteiger partial charge in [0.05, 0.1) is 56.5 Å². The van der Waals surface area contributed by atoms with Crippen LogP contribution in [0.2, 0.25) is 0 Å². The van der Waals surface area contributed by atoms with Gasteiger partial charge in [-0.05, 0) is 139 Å². The predicted molar refractivity (Wildman–Crippen MR) is 389 cm³/mol. The minimum Gasteiger partial charge on any atom is -0.444 e. The number of carbonyl (C=O) groups excluding carboxylic acids is 6. The molecule has 2 aromatic carbocycles. The molecule has 4 fully saturated rings. The van der Waals surface area contributed by atoms with Crippen molar-refractivity contribution in [2.45, 2.75) is 207 Å². The topological polar surface area (TPSA) is 259 Å². The number of aliphatic hydroxyl groups is 2. The van der Waals surface area contributed by atoms with Crippen LogP contribution in [0, 0.1) is 37.5 Å². The van der Waals surface area contributed by atoms with Crippen LogP contribution in [0.3, 0.4) is 0 Å². The number of thiazole rings is 2. The second-order valence-electron chi connectivity index (χ2n) is 30.9. The number of aromatic nitrogens is 4. The van der Waals surface area contributed by atoms with Crippen molar-refractivity contribution >= 4 is 69.9 Å². The van der Waals surface area contributed by atoms with Crippen molar-refractivity contribution in [2.24, 2.45) is 23.7 Å². The van der Waals surface area contributed by atoms with Crippen LogP contribution in [-0.4, -0.2) is 188 Å². The van der Waals surface area contributed by atoms with Gasteiger partial charge >= 0.3 is 12.2 Å². The van der Waals surface area contributed by atoms with E-state index in [0.29, 0.717) is 61.2 Å². The molecule has 0 radical (unpaired) electrons. The van der Waals surface area contributed by atoms with Gasteiger partial charge in [0, 0.05) is 104 Å². The largest absolute Gasteiger partial charge is 0.444 e. The van der Waals surface area contributed by atoms with Gasteiger partial charge in [-0.15, -0.1) is 22.7 Å². The lowest BCUT2D eigenvalue weighted by atomic mass is 9.89. The summed E-state index contributed by atoms with van der Waals surface area (Å²) in [4.78, 5) is 102. The van der Waals surface area contributed by atoms with Gasteiger partial charge in [-0.2, -0.15) is 0 Å². The molecule has 544 valence electrons. The second-order valence-corrected chi connectivity index (χ2v) is 32.6. The SMILES string of the molecule is Cc1ncsc1-c1ccc([C@H](C)CC(=O)[C@@H]2C[C@@H](O)CN2C(=O)[C@@H](c2cc(N(C)CC3CCN(C(=O)OC(C)(C)C)CC3)no2)C(C)C)cc1.Cc1ncsc1-c1ccc([C@H](C)CC(=O)[C@@H]2C[C@@H](O)CN2C(=O)[C@H](c2cc(N(C)CC3CCN(C(=O)OC(C)(C)C)CC3)no2)C(C)C)cc1. The number of rotatable bonds is 22. The molecular weight excluding hydrogens is 1310 g/mol. The maximum Gasteiger partial charge on any atom is 0.410 e. The summed E-state index contributed by atoms with van der Waals surface area (Å²) in [6.45, 7) is 31.3. The number of ether oxygens (including phenoxy) is 2. The molecule has 24 heteroatoms. The first-order valence-corrected chi connectivity index (χ1v) is 37.3. The molecule has 10 rings (SSSR count). The molecule has 0 aliphatic carbocycles. The highest BCUT2D eigenvalue weighted by Gasteiger charge is 2.46. The Bertz CT molecular complexity index is 3480. The lowest BCUT2D eigenvalue weighted by Gasteiger charge is -2.34. The molecule has 8 atom stereocenters.